The summed E-state index contributed by atoms with van der Waals surface area (Å²) in [6, 6.07) is -1.02. The number of hydrogen-bond acceptors (Lipinski definition) is 10. The smallest absolute Gasteiger partial charge is 0.306 e. The lowest BCUT2D eigenvalue weighted by molar-refractivity contribution is -0.305. The van der Waals surface area contributed by atoms with Crippen LogP contribution in [0.15, 0.2) is 24.3 Å². The third kappa shape index (κ3) is 46.1. The molecule has 0 bridgehead atoms. The molecule has 81 heavy (non-hydrogen) atoms. The molecule has 8 atom stereocenters. The molecule has 478 valence electrons. The minimum atomic E-state index is -1.61. The Kier molecular flexibility index (Phi) is 55.7. The van der Waals surface area contributed by atoms with Gasteiger partial charge in [-0.3, -0.25) is 9.59 Å². The van der Waals surface area contributed by atoms with E-state index in [1.54, 1.807) is 6.08 Å². The minimum absolute atomic E-state index is 0.123. The summed E-state index contributed by atoms with van der Waals surface area (Å²) >= 11 is 0. The van der Waals surface area contributed by atoms with E-state index in [1.807, 2.05) is 6.08 Å². The van der Waals surface area contributed by atoms with Crippen LogP contribution in [-0.4, -0.2) is 99.6 Å². The Morgan fingerprint density at radius 1 is 0.469 bits per heavy atom. The van der Waals surface area contributed by atoms with E-state index in [0.29, 0.717) is 19.3 Å². The van der Waals surface area contributed by atoms with Gasteiger partial charge in [-0.15, -0.1) is 0 Å². The zero-order chi connectivity index (χ0) is 58.9. The maximum absolute atomic E-state index is 13.5. The van der Waals surface area contributed by atoms with Gasteiger partial charge in [0.1, 0.15) is 24.4 Å². The third-order valence-electron chi connectivity index (χ3n) is 16.9. The first-order chi connectivity index (χ1) is 39.7. The molecule has 0 spiro atoms. The maximum atomic E-state index is 13.5. The molecule has 0 aromatic heterocycles. The average molecular weight is 1150 g/mol. The fourth-order valence-electron chi connectivity index (χ4n) is 11.3. The molecule has 1 heterocycles. The van der Waals surface area contributed by atoms with Crippen molar-refractivity contribution in [1.29, 1.82) is 0 Å². The van der Waals surface area contributed by atoms with Crippen LogP contribution in [0.25, 0.3) is 0 Å². The molecule has 1 amide bonds. The Labute approximate surface area is 499 Å². The number of carbonyl (C=O) groups is 2. The lowest BCUT2D eigenvalue weighted by atomic mass is 9.99. The van der Waals surface area contributed by atoms with Crippen LogP contribution in [-0.2, 0) is 23.8 Å². The number of aliphatic hydroxyl groups excluding tert-OH is 5. The highest BCUT2D eigenvalue weighted by Gasteiger charge is 2.47. The van der Waals surface area contributed by atoms with E-state index in [9.17, 15) is 35.1 Å². The SMILES string of the molecule is CCCCCCCC/C=C/CCCCCCCCCC(=O)OC1C(OCC(NC(=O)C(O)CCCCCCCCCCCCCCCCCCCCCCCCCC)C(O)/C=C/CCCCCCCCCCC)OC(CO)C(O)C1O. The van der Waals surface area contributed by atoms with Gasteiger partial charge in [0.25, 0.3) is 0 Å². The number of esters is 1. The van der Waals surface area contributed by atoms with Crippen molar-refractivity contribution in [1.82, 2.24) is 5.32 Å². The largest absolute Gasteiger partial charge is 0.454 e. The van der Waals surface area contributed by atoms with Gasteiger partial charge in [-0.2, -0.15) is 0 Å². The number of hydrogen-bond donors (Lipinski definition) is 6. The van der Waals surface area contributed by atoms with Crippen molar-refractivity contribution < 1.29 is 49.3 Å². The Hall–Kier alpha value is -1.86. The molecular weight excluding hydrogens is 1010 g/mol. The zero-order valence-corrected chi connectivity index (χ0v) is 53.2. The van der Waals surface area contributed by atoms with Crippen molar-refractivity contribution in [3.63, 3.8) is 0 Å². The molecule has 0 aromatic rings. The summed E-state index contributed by atoms with van der Waals surface area (Å²) in [7, 11) is 0. The lowest BCUT2D eigenvalue weighted by Gasteiger charge is -2.41. The van der Waals surface area contributed by atoms with Crippen LogP contribution in [0.1, 0.15) is 348 Å². The molecule has 0 saturated carbocycles. The Balaban J connectivity index is 2.55. The van der Waals surface area contributed by atoms with Crippen molar-refractivity contribution >= 4 is 11.9 Å². The number of amides is 1. The van der Waals surface area contributed by atoms with Gasteiger partial charge in [0, 0.05) is 6.42 Å². The van der Waals surface area contributed by atoms with Gasteiger partial charge in [0.05, 0.1) is 25.4 Å². The minimum Gasteiger partial charge on any atom is -0.454 e. The number of allylic oxidation sites excluding steroid dienone is 3. The number of carbonyl (C=O) groups excluding carboxylic acids is 2. The Bertz CT molecular complexity index is 1410. The number of aliphatic hydroxyl groups is 5. The van der Waals surface area contributed by atoms with Crippen LogP contribution in [0.3, 0.4) is 0 Å². The van der Waals surface area contributed by atoms with Gasteiger partial charge in [-0.05, 0) is 51.4 Å². The van der Waals surface area contributed by atoms with Crippen LogP contribution in [0.2, 0.25) is 0 Å². The van der Waals surface area contributed by atoms with E-state index in [-0.39, 0.29) is 13.0 Å². The van der Waals surface area contributed by atoms with E-state index in [4.69, 9.17) is 14.2 Å². The van der Waals surface area contributed by atoms with Crippen molar-refractivity contribution in [2.45, 2.75) is 397 Å². The Morgan fingerprint density at radius 3 is 1.20 bits per heavy atom. The second-order valence-electron chi connectivity index (χ2n) is 24.6. The number of ether oxygens (including phenoxy) is 3. The van der Waals surface area contributed by atoms with Crippen molar-refractivity contribution in [3.8, 4) is 0 Å². The van der Waals surface area contributed by atoms with Crippen LogP contribution < -0.4 is 5.32 Å². The van der Waals surface area contributed by atoms with Gasteiger partial charge >= 0.3 is 5.97 Å². The van der Waals surface area contributed by atoms with Crippen LogP contribution >= 0.6 is 0 Å². The summed E-state index contributed by atoms with van der Waals surface area (Å²) in [5.74, 6) is -1.18. The second-order valence-corrected chi connectivity index (χ2v) is 24.6. The summed E-state index contributed by atoms with van der Waals surface area (Å²) in [6.07, 6.45) is 59.5. The predicted molar refractivity (Wildman–Crippen MR) is 338 cm³/mol. The quantitative estimate of drug-likeness (QED) is 0.0195. The van der Waals surface area contributed by atoms with Crippen molar-refractivity contribution in [2.75, 3.05) is 13.2 Å². The standard InChI is InChI=1S/C70H133NO10/c1-4-7-10-13-16-19-22-24-26-28-29-30-31-32-33-34-36-37-39-42-45-48-51-54-57-63(74)69(78)71-61(62(73)56-53-50-47-44-41-21-18-15-12-9-6-3)60-79-70-68(67(77)66(76)64(59-72)80-70)81-65(75)58-55-52-49-46-43-40-38-35-27-25-23-20-17-14-11-8-5-2/h25,27,53,56,61-64,66-68,70,72-74,76-77H,4-24,26,28-52,54-55,57-60H2,1-3H3,(H,71,78)/b27-25+,56-53+. The highest BCUT2D eigenvalue weighted by molar-refractivity contribution is 5.80. The molecule has 1 aliphatic heterocycles. The van der Waals surface area contributed by atoms with Crippen LogP contribution in [0.4, 0.5) is 0 Å². The molecule has 0 aromatic carbocycles. The van der Waals surface area contributed by atoms with Crippen LogP contribution in [0, 0.1) is 0 Å². The van der Waals surface area contributed by atoms with E-state index in [2.05, 4.69) is 38.2 Å². The molecule has 1 rings (SSSR count). The molecule has 1 saturated heterocycles. The highest BCUT2D eigenvalue weighted by Crippen LogP contribution is 2.26. The van der Waals surface area contributed by atoms with Crippen LogP contribution in [0.5, 0.6) is 0 Å². The van der Waals surface area contributed by atoms with E-state index in [0.717, 1.165) is 70.6 Å². The second kappa shape index (κ2) is 58.5. The van der Waals surface area contributed by atoms with Gasteiger partial charge in [0.15, 0.2) is 12.4 Å². The first kappa shape index (κ1) is 77.2. The molecule has 11 heteroatoms. The first-order valence-electron chi connectivity index (χ1n) is 35.1. The monoisotopic (exact) mass is 1150 g/mol. The molecule has 6 N–H and O–H groups in total. The zero-order valence-electron chi connectivity index (χ0n) is 53.2. The van der Waals surface area contributed by atoms with Crippen molar-refractivity contribution in [3.05, 3.63) is 24.3 Å². The number of rotatable bonds is 61. The lowest BCUT2D eigenvalue weighted by Crippen LogP contribution is -2.61. The molecule has 1 aliphatic rings. The van der Waals surface area contributed by atoms with E-state index < -0.39 is 67.4 Å². The molecule has 0 aliphatic carbocycles. The summed E-state index contributed by atoms with van der Waals surface area (Å²) in [5, 5.41) is 57.1. The van der Waals surface area contributed by atoms with E-state index in [1.165, 1.54) is 231 Å². The normalized spacial score (nSPS) is 18.7. The number of unbranched alkanes of at least 4 members (excludes halogenated alkanes) is 45. The molecular formula is C70H133NO10. The third-order valence-corrected chi connectivity index (χ3v) is 16.9. The predicted octanol–water partition coefficient (Wildman–Crippen LogP) is 17.6. The first-order valence-corrected chi connectivity index (χ1v) is 35.1. The number of nitrogens with one attached hydrogen (secondary N) is 1. The van der Waals surface area contributed by atoms with Gasteiger partial charge < -0.3 is 45.1 Å². The molecule has 0 radical (unpaired) electrons. The van der Waals surface area contributed by atoms with Crippen molar-refractivity contribution in [2.24, 2.45) is 0 Å². The summed E-state index contributed by atoms with van der Waals surface area (Å²) in [4.78, 5) is 26.6. The molecule has 11 nitrogen and oxygen atoms in total. The molecule has 8 unspecified atom stereocenters. The Morgan fingerprint density at radius 2 is 0.815 bits per heavy atom. The summed E-state index contributed by atoms with van der Waals surface area (Å²) in [5.41, 5.74) is 0. The van der Waals surface area contributed by atoms with E-state index >= 15 is 0 Å². The molecule has 1 fully saturated rings. The van der Waals surface area contributed by atoms with Gasteiger partial charge in [-0.25, -0.2) is 0 Å². The summed E-state index contributed by atoms with van der Waals surface area (Å²) in [6.45, 7) is 5.83. The average Bonchev–Trinajstić information content (AvgIpc) is 3.52. The van der Waals surface area contributed by atoms with Gasteiger partial charge in [-0.1, -0.05) is 315 Å². The fourth-order valence-corrected chi connectivity index (χ4v) is 11.3. The fraction of sp³-hybridized carbons (Fsp3) is 0.914. The topological polar surface area (TPSA) is 175 Å². The maximum Gasteiger partial charge on any atom is 0.306 e. The van der Waals surface area contributed by atoms with Gasteiger partial charge in [0.2, 0.25) is 5.91 Å². The summed E-state index contributed by atoms with van der Waals surface area (Å²) < 4.78 is 17.7. The highest BCUT2D eigenvalue weighted by atomic mass is 16.7.